The van der Waals surface area contributed by atoms with Crippen LogP contribution in [0, 0.1) is 74.9 Å². The summed E-state index contributed by atoms with van der Waals surface area (Å²) >= 11 is 0. The van der Waals surface area contributed by atoms with Crippen LogP contribution in [0.5, 0.6) is 0 Å². The van der Waals surface area contributed by atoms with Gasteiger partial charge in [-0.15, -0.1) is 208 Å². The monoisotopic (exact) mass is 2970 g/mol. The zero-order valence-corrected chi connectivity index (χ0v) is 97.3. The van der Waals surface area contributed by atoms with Gasteiger partial charge in [-0.25, -0.2) is 0 Å². The number of allylic oxidation sites excluding steroid dienone is 8. The first-order chi connectivity index (χ1) is 66.1. The Balaban J connectivity index is 0.000000337. The topological polar surface area (TPSA) is 227 Å². The van der Waals surface area contributed by atoms with Gasteiger partial charge in [-0.2, -0.15) is 0 Å². The van der Waals surface area contributed by atoms with Crippen LogP contribution >= 0.6 is 0 Å². The number of hydrogen-bond acceptors (Lipinski definition) is 14. The molecule has 20 heteroatoms. The van der Waals surface area contributed by atoms with E-state index in [0.717, 1.165) is 106 Å². The summed E-state index contributed by atoms with van der Waals surface area (Å²) in [7, 11) is 0. The maximum Gasteiger partial charge on any atom is 0.164 e. The molecular formula is C124H114Ir6N6O8-6. The zero-order valence-electron chi connectivity index (χ0n) is 82.9. The van der Waals surface area contributed by atoms with Crippen molar-refractivity contribution in [1.29, 1.82) is 0 Å². The number of benzene rings is 13. The fourth-order valence-electron chi connectivity index (χ4n) is 13.7. The average molecular weight is 2970 g/mol. The molecule has 6 radical (unpaired) electrons. The molecule has 0 saturated heterocycles. The van der Waals surface area contributed by atoms with E-state index in [1.165, 1.54) is 126 Å². The third-order valence-corrected chi connectivity index (χ3v) is 20.5. The molecule has 0 fully saturated rings. The second-order valence-corrected chi connectivity index (χ2v) is 34.8. The van der Waals surface area contributed by atoms with Gasteiger partial charge in [0.2, 0.25) is 0 Å². The van der Waals surface area contributed by atoms with Crippen LogP contribution in [-0.4, -0.2) is 73.5 Å². The van der Waals surface area contributed by atoms with Gasteiger partial charge in [-0.05, 0) is 175 Å². The maximum absolute atomic E-state index is 11.5. The smallest absolute Gasteiger partial charge is 0.164 e. The SMILES string of the molecule is CC(=O)C=C(C)O.CC(=O)C=C(C)O.CC(=O)C=C(C)O.CC(C)(C)C(=O)C=C(O)C(C)(C)C.Cc1[c-]c(-c2ccc3ccccc3n2)cc(C)c1.Cc1ccc2ccc(-c3[c-]cccc3)nc2c1.Cc1ccc2ccc(-c3[c-]cccc3)nc2c1.[Ir].[Ir].[Ir].[Ir].[Ir].[Ir].[c-]1cc2ccccc2cc1-c1ccc2ccccc2n1.[c-]1ccccc1-c1ccc2ccccc2n1.[c-]1ccccc1-c1nccc2ccccc12. The molecule has 6 heterocycles. The Morgan fingerprint density at radius 2 is 0.597 bits per heavy atom. The molecule has 19 rings (SSSR count). The van der Waals surface area contributed by atoms with E-state index in [9.17, 15) is 24.3 Å². The van der Waals surface area contributed by atoms with Crippen molar-refractivity contribution in [3.05, 3.63) is 458 Å². The van der Waals surface area contributed by atoms with E-state index in [-0.39, 0.29) is 172 Å². The van der Waals surface area contributed by atoms with E-state index in [1.54, 1.807) is 0 Å². The second-order valence-electron chi connectivity index (χ2n) is 34.8. The van der Waals surface area contributed by atoms with E-state index >= 15 is 0 Å². The number of aliphatic hydroxyl groups excluding tert-OH is 4. The van der Waals surface area contributed by atoms with E-state index < -0.39 is 5.41 Å². The molecule has 14 nitrogen and oxygen atoms in total. The van der Waals surface area contributed by atoms with Crippen molar-refractivity contribution in [3.63, 3.8) is 0 Å². The van der Waals surface area contributed by atoms with Gasteiger partial charge in [0.15, 0.2) is 23.1 Å². The largest absolute Gasteiger partial charge is 0.512 e. The summed E-state index contributed by atoms with van der Waals surface area (Å²) in [4.78, 5) is 69.4. The Kier molecular flexibility index (Phi) is 53.3. The first-order valence-electron chi connectivity index (χ1n) is 45.1. The molecule has 0 amide bonds. The Hall–Kier alpha value is -12.7. The van der Waals surface area contributed by atoms with E-state index in [4.69, 9.17) is 25.3 Å². The summed E-state index contributed by atoms with van der Waals surface area (Å²) in [5.41, 5.74) is 21.4. The molecule has 19 aromatic rings. The number of carbonyl (C=O) groups is 4. The van der Waals surface area contributed by atoms with E-state index in [1.807, 2.05) is 248 Å². The number of hydrogen-bond donors (Lipinski definition) is 4. The molecule has 4 N–H and O–H groups in total. The van der Waals surface area contributed by atoms with E-state index in [2.05, 4.69) is 230 Å². The van der Waals surface area contributed by atoms with Gasteiger partial charge in [-0.1, -0.05) is 249 Å². The number of nitrogens with zero attached hydrogens (tertiary/aromatic N) is 6. The summed E-state index contributed by atoms with van der Waals surface area (Å²) in [6.07, 6.45) is 6.68. The molecule has 0 aliphatic carbocycles. The van der Waals surface area contributed by atoms with Crippen molar-refractivity contribution >= 4 is 99.2 Å². The maximum atomic E-state index is 11.5. The van der Waals surface area contributed by atoms with Gasteiger partial charge < -0.3 is 25.4 Å². The fourth-order valence-corrected chi connectivity index (χ4v) is 13.7. The van der Waals surface area contributed by atoms with Crippen molar-refractivity contribution in [2.45, 2.75) is 111 Å². The standard InChI is InChI=1S/C19H12N.C17H14N.2C16H12N.2C15H10N.C11H20O2.3C5H8O2.6Ir/c1-2-7-16-13-17(10-9-14(16)5-1)19-12-11-15-6-3-4-8-18(15)20-19;1-12-9-13(2)11-15(10-12)17-8-7-14-5-3-4-6-16(14)18-17;2*1-12-7-8-14-9-10-15(17-16(14)11-12)13-5-3-2-4-6-13;1-2-7-13(8-3-1)15-14-9-5-4-6-12(14)10-11-16-15;1-2-6-12(7-3-1)15-11-10-13-8-4-5-9-14(13)16-15;1-10(2,3)8(12)7-9(13)11(4,5)6;3*1-4(6)3-5(2)7;;;;;;/h1-9,11-13H;3-10H,1-2H3;2*2-5,7-11H,1H3;1-7,9-11H;1-6,8-11H;7,12H,1-6H3;3*3,6H,1-2H3;;;;;;/q6*-1;;;;;;;;;;. The van der Waals surface area contributed by atoms with Crippen molar-refractivity contribution in [2.75, 3.05) is 0 Å². The second kappa shape index (κ2) is 62.1. The third-order valence-electron chi connectivity index (χ3n) is 20.5. The minimum absolute atomic E-state index is 0. The summed E-state index contributed by atoms with van der Waals surface area (Å²) in [5, 5.41) is 45.3. The summed E-state index contributed by atoms with van der Waals surface area (Å²) in [6.45, 7) is 28.0. The van der Waals surface area contributed by atoms with Crippen LogP contribution < -0.4 is 0 Å². The molecule has 0 unspecified atom stereocenters. The van der Waals surface area contributed by atoms with Crippen LogP contribution in [0.15, 0.2) is 399 Å². The van der Waals surface area contributed by atoms with Gasteiger partial charge in [0.05, 0.1) is 44.9 Å². The van der Waals surface area contributed by atoms with Gasteiger partial charge in [-0.3, -0.25) is 44.1 Å². The van der Waals surface area contributed by atoms with Crippen molar-refractivity contribution < 1.29 is 160 Å². The van der Waals surface area contributed by atoms with Crippen LogP contribution in [0.2, 0.25) is 0 Å². The third kappa shape index (κ3) is 40.8. The molecule has 0 aliphatic heterocycles. The van der Waals surface area contributed by atoms with Crippen LogP contribution in [0.1, 0.15) is 105 Å². The van der Waals surface area contributed by atoms with Crippen LogP contribution in [0.4, 0.5) is 0 Å². The number of pyridine rings is 6. The van der Waals surface area contributed by atoms with Crippen molar-refractivity contribution in [1.82, 2.24) is 29.9 Å². The number of rotatable bonds is 10. The number of para-hydroxylation sites is 3. The first-order valence-corrected chi connectivity index (χ1v) is 45.1. The molecule has 13 aromatic carbocycles. The van der Waals surface area contributed by atoms with Gasteiger partial charge in [0.1, 0.15) is 5.76 Å². The Morgan fingerprint density at radius 3 is 0.944 bits per heavy atom. The van der Waals surface area contributed by atoms with Gasteiger partial charge >= 0.3 is 0 Å². The zero-order chi connectivity index (χ0) is 99.3. The first kappa shape index (κ1) is 124. The van der Waals surface area contributed by atoms with Crippen molar-refractivity contribution in [2.24, 2.45) is 10.8 Å². The quantitative estimate of drug-likeness (QED) is 0.0568. The molecule has 6 aromatic heterocycles. The summed E-state index contributed by atoms with van der Waals surface area (Å²) < 4.78 is 0. The molecule has 0 spiro atoms. The minimum Gasteiger partial charge on any atom is -0.512 e. The number of carbonyl (C=O) groups excluding carboxylic acids is 4. The van der Waals surface area contributed by atoms with Gasteiger partial charge in [0, 0.05) is 162 Å². The Bertz CT molecular complexity index is 7190. The Morgan fingerprint density at radius 1 is 0.278 bits per heavy atom. The van der Waals surface area contributed by atoms with Crippen LogP contribution in [0.25, 0.3) is 144 Å². The number of fused-ring (bicyclic) bond motifs is 7. The van der Waals surface area contributed by atoms with Crippen molar-refractivity contribution in [3.8, 4) is 67.5 Å². The normalized spacial score (nSPS) is 10.7. The minimum atomic E-state index is -0.417. The number of ketones is 4. The van der Waals surface area contributed by atoms with Crippen LogP contribution in [-0.2, 0) is 140 Å². The molecule has 144 heavy (non-hydrogen) atoms. The molecule has 0 bridgehead atoms. The molecule has 748 valence electrons. The summed E-state index contributed by atoms with van der Waals surface area (Å²) in [5.74, 6) is -0.0835. The number of aromatic nitrogens is 6. The number of aryl methyl sites for hydroxylation is 4. The van der Waals surface area contributed by atoms with E-state index in [0.29, 0.717) is 0 Å². The fraction of sp³-hybridized carbons (Fsp3) is 0.145. The molecule has 0 aliphatic rings. The summed E-state index contributed by atoms with van der Waals surface area (Å²) in [6, 6.07) is 136. The van der Waals surface area contributed by atoms with Crippen LogP contribution in [0.3, 0.4) is 0 Å². The van der Waals surface area contributed by atoms with Gasteiger partial charge in [0.25, 0.3) is 0 Å². The predicted octanol–water partition coefficient (Wildman–Crippen LogP) is 30.8. The number of aliphatic hydroxyl groups is 4. The predicted molar refractivity (Wildman–Crippen MR) is 568 cm³/mol. The average Bonchev–Trinajstić information content (AvgIpc) is 0.742. The molecule has 0 saturated carbocycles. The molecular weight excluding hydrogens is 2850 g/mol. The Labute approximate surface area is 927 Å². The molecule has 0 atom stereocenters.